The zero-order chi connectivity index (χ0) is 20.7. The van der Waals surface area contributed by atoms with Crippen molar-refractivity contribution in [3.05, 3.63) is 59.7 Å². The number of hydrogen-bond acceptors (Lipinski definition) is 4. The van der Waals surface area contributed by atoms with Gasteiger partial charge in [-0.05, 0) is 31.2 Å². The predicted molar refractivity (Wildman–Crippen MR) is 110 cm³/mol. The second kappa shape index (κ2) is 9.55. The third kappa shape index (κ3) is 5.84. The fraction of sp³-hybridized carbons (Fsp3) is 0.286. The first-order valence-electron chi connectivity index (χ1n) is 8.93. The molecular formula is C21H26N4O3. The van der Waals surface area contributed by atoms with Crippen molar-refractivity contribution in [3.8, 4) is 0 Å². The number of aryl methyl sites for hydroxylation is 1. The molecule has 0 spiro atoms. The maximum absolute atomic E-state index is 12.4. The highest BCUT2D eigenvalue weighted by Gasteiger charge is 2.16. The minimum Gasteiger partial charge on any atom is -0.376 e. The molecule has 2 aromatic carbocycles. The van der Waals surface area contributed by atoms with Crippen LogP contribution in [-0.4, -0.2) is 61.8 Å². The number of hydrogen-bond donors (Lipinski definition) is 2. The van der Waals surface area contributed by atoms with E-state index in [1.165, 1.54) is 9.80 Å². The van der Waals surface area contributed by atoms with Crippen molar-refractivity contribution in [3.63, 3.8) is 0 Å². The summed E-state index contributed by atoms with van der Waals surface area (Å²) in [5.74, 6) is -0.685. The molecule has 0 atom stereocenters. The van der Waals surface area contributed by atoms with Gasteiger partial charge in [0.1, 0.15) is 0 Å². The number of anilines is 2. The average molecular weight is 382 g/mol. The molecule has 0 aliphatic rings. The number of nitrogens with one attached hydrogen (secondary N) is 2. The minimum absolute atomic E-state index is 0.0218. The molecule has 2 N–H and O–H groups in total. The van der Waals surface area contributed by atoms with Crippen molar-refractivity contribution in [1.29, 1.82) is 0 Å². The summed E-state index contributed by atoms with van der Waals surface area (Å²) in [5, 5.41) is 5.75. The Balaban J connectivity index is 1.90. The van der Waals surface area contributed by atoms with Gasteiger partial charge in [-0.15, -0.1) is 0 Å². The zero-order valence-corrected chi connectivity index (χ0v) is 16.7. The number of carbonyl (C=O) groups excluding carboxylic acids is 3. The number of benzene rings is 2. The van der Waals surface area contributed by atoms with Crippen molar-refractivity contribution < 1.29 is 14.4 Å². The van der Waals surface area contributed by atoms with E-state index in [-0.39, 0.29) is 30.8 Å². The summed E-state index contributed by atoms with van der Waals surface area (Å²) < 4.78 is 0. The molecule has 0 aliphatic carbocycles. The lowest BCUT2D eigenvalue weighted by atomic mass is 10.1. The summed E-state index contributed by atoms with van der Waals surface area (Å²) >= 11 is 0. The predicted octanol–water partition coefficient (Wildman–Crippen LogP) is 2.21. The van der Waals surface area contributed by atoms with Gasteiger partial charge in [-0.2, -0.15) is 0 Å². The number of para-hydroxylation sites is 1. The molecule has 0 unspecified atom stereocenters. The lowest BCUT2D eigenvalue weighted by Gasteiger charge is -2.19. The third-order valence-electron chi connectivity index (χ3n) is 4.14. The van der Waals surface area contributed by atoms with Crippen LogP contribution in [0.2, 0.25) is 0 Å². The van der Waals surface area contributed by atoms with Crippen LogP contribution in [0.3, 0.4) is 0 Å². The van der Waals surface area contributed by atoms with Crippen LogP contribution in [0, 0.1) is 6.92 Å². The van der Waals surface area contributed by atoms with E-state index in [2.05, 4.69) is 10.6 Å². The third-order valence-corrected chi connectivity index (χ3v) is 4.14. The van der Waals surface area contributed by atoms with Crippen LogP contribution in [0.25, 0.3) is 0 Å². The monoisotopic (exact) mass is 382 g/mol. The molecule has 2 aromatic rings. The summed E-state index contributed by atoms with van der Waals surface area (Å²) in [6.07, 6.45) is 0. The normalized spacial score (nSPS) is 10.1. The fourth-order valence-corrected chi connectivity index (χ4v) is 2.51. The van der Waals surface area contributed by atoms with Crippen molar-refractivity contribution in [2.24, 2.45) is 0 Å². The smallest absolute Gasteiger partial charge is 0.255 e. The Morgan fingerprint density at radius 2 is 1.57 bits per heavy atom. The molecule has 0 saturated heterocycles. The van der Waals surface area contributed by atoms with Gasteiger partial charge in [0.25, 0.3) is 5.91 Å². The Morgan fingerprint density at radius 3 is 2.21 bits per heavy atom. The van der Waals surface area contributed by atoms with Gasteiger partial charge < -0.3 is 20.4 Å². The van der Waals surface area contributed by atoms with Crippen molar-refractivity contribution in [2.45, 2.75) is 6.92 Å². The summed E-state index contributed by atoms with van der Waals surface area (Å²) in [4.78, 5) is 39.5. The Hall–Kier alpha value is -3.35. The van der Waals surface area contributed by atoms with E-state index in [0.717, 1.165) is 5.56 Å². The van der Waals surface area contributed by atoms with Gasteiger partial charge in [0.15, 0.2) is 0 Å². The van der Waals surface area contributed by atoms with Gasteiger partial charge in [0.05, 0.1) is 18.7 Å². The van der Waals surface area contributed by atoms with E-state index in [4.69, 9.17) is 0 Å². The van der Waals surface area contributed by atoms with E-state index in [1.54, 1.807) is 45.4 Å². The number of carbonyl (C=O) groups is 3. The molecule has 148 valence electrons. The second-order valence-corrected chi connectivity index (χ2v) is 6.76. The van der Waals surface area contributed by atoms with Gasteiger partial charge in [-0.3, -0.25) is 14.4 Å². The highest BCUT2D eigenvalue weighted by molar-refractivity contribution is 6.00. The Labute approximate surface area is 165 Å². The molecule has 3 amide bonds. The number of nitrogens with zero attached hydrogens (tertiary/aromatic N) is 2. The molecule has 0 fully saturated rings. The van der Waals surface area contributed by atoms with Crippen LogP contribution in [-0.2, 0) is 9.59 Å². The molecular weight excluding hydrogens is 356 g/mol. The van der Waals surface area contributed by atoms with E-state index in [0.29, 0.717) is 16.9 Å². The van der Waals surface area contributed by atoms with Crippen LogP contribution < -0.4 is 10.6 Å². The van der Waals surface area contributed by atoms with Crippen LogP contribution >= 0.6 is 0 Å². The summed E-state index contributed by atoms with van der Waals surface area (Å²) in [6.45, 7) is 1.88. The zero-order valence-electron chi connectivity index (χ0n) is 16.7. The lowest BCUT2D eigenvalue weighted by molar-refractivity contribution is -0.131. The maximum Gasteiger partial charge on any atom is 0.255 e. The van der Waals surface area contributed by atoms with Crippen molar-refractivity contribution >= 4 is 29.1 Å². The van der Waals surface area contributed by atoms with Crippen molar-refractivity contribution in [1.82, 2.24) is 9.80 Å². The second-order valence-electron chi connectivity index (χ2n) is 6.76. The molecule has 7 heteroatoms. The largest absolute Gasteiger partial charge is 0.376 e. The molecule has 0 aliphatic heterocycles. The molecule has 28 heavy (non-hydrogen) atoms. The SMILES string of the molecule is Cc1ccc(NC(=O)CN(C)C(=O)CNc2ccccc2C(=O)N(C)C)cc1. The highest BCUT2D eigenvalue weighted by Crippen LogP contribution is 2.16. The average Bonchev–Trinajstić information content (AvgIpc) is 2.67. The van der Waals surface area contributed by atoms with Gasteiger partial charge in [-0.25, -0.2) is 0 Å². The molecule has 0 aromatic heterocycles. The van der Waals surface area contributed by atoms with E-state index in [1.807, 2.05) is 31.2 Å². The highest BCUT2D eigenvalue weighted by atomic mass is 16.2. The van der Waals surface area contributed by atoms with E-state index in [9.17, 15) is 14.4 Å². The molecule has 0 radical (unpaired) electrons. The summed E-state index contributed by atoms with van der Waals surface area (Å²) in [6, 6.07) is 14.4. The number of rotatable bonds is 7. The first kappa shape index (κ1) is 21.0. The Bertz CT molecular complexity index is 847. The van der Waals surface area contributed by atoms with Crippen molar-refractivity contribution in [2.75, 3.05) is 44.9 Å². The topological polar surface area (TPSA) is 81.8 Å². The van der Waals surface area contributed by atoms with Gasteiger partial charge >= 0.3 is 0 Å². The Morgan fingerprint density at radius 1 is 0.929 bits per heavy atom. The van der Waals surface area contributed by atoms with E-state index < -0.39 is 0 Å². The van der Waals surface area contributed by atoms with Crippen LogP contribution in [0.15, 0.2) is 48.5 Å². The van der Waals surface area contributed by atoms with Crippen LogP contribution in [0.1, 0.15) is 15.9 Å². The van der Waals surface area contributed by atoms with Gasteiger partial charge in [0, 0.05) is 32.5 Å². The van der Waals surface area contributed by atoms with Crippen LogP contribution in [0.5, 0.6) is 0 Å². The summed E-state index contributed by atoms with van der Waals surface area (Å²) in [7, 11) is 4.91. The molecule has 7 nitrogen and oxygen atoms in total. The van der Waals surface area contributed by atoms with Crippen LogP contribution in [0.4, 0.5) is 11.4 Å². The van der Waals surface area contributed by atoms with Gasteiger partial charge in [-0.1, -0.05) is 29.8 Å². The number of likely N-dealkylation sites (N-methyl/N-ethyl adjacent to an activating group) is 1. The maximum atomic E-state index is 12.4. The molecule has 0 bridgehead atoms. The first-order valence-corrected chi connectivity index (χ1v) is 8.93. The molecule has 0 heterocycles. The standard InChI is InChI=1S/C21H26N4O3/c1-15-9-11-16(12-10-15)23-19(26)14-25(4)20(27)13-22-18-8-6-5-7-17(18)21(28)24(2)3/h5-12,22H,13-14H2,1-4H3,(H,23,26). The molecule has 2 rings (SSSR count). The first-order chi connectivity index (χ1) is 13.3. The lowest BCUT2D eigenvalue weighted by Crippen LogP contribution is -2.38. The van der Waals surface area contributed by atoms with Gasteiger partial charge in [0.2, 0.25) is 11.8 Å². The quantitative estimate of drug-likeness (QED) is 0.769. The summed E-state index contributed by atoms with van der Waals surface area (Å²) in [5.41, 5.74) is 2.85. The molecule has 0 saturated carbocycles. The Kier molecular flexibility index (Phi) is 7.14. The fourth-order valence-electron chi connectivity index (χ4n) is 2.51. The minimum atomic E-state index is -0.275. The number of amides is 3. The van der Waals surface area contributed by atoms with E-state index >= 15 is 0 Å².